The van der Waals surface area contributed by atoms with E-state index >= 15 is 0 Å². The Morgan fingerprint density at radius 2 is 1.71 bits per heavy atom. The molecule has 5 heteroatoms. The lowest BCUT2D eigenvalue weighted by Gasteiger charge is -2.04. The smallest absolute Gasteiger partial charge is 0.274 e. The van der Waals surface area contributed by atoms with Crippen molar-refractivity contribution in [2.24, 2.45) is 0 Å². The third-order valence-corrected chi connectivity index (χ3v) is 2.61. The summed E-state index contributed by atoms with van der Waals surface area (Å²) in [5.41, 5.74) is 13.3. The highest BCUT2D eigenvalue weighted by atomic mass is 35.5. The zero-order valence-electron chi connectivity index (χ0n) is 9.11. The summed E-state index contributed by atoms with van der Waals surface area (Å²) in [6, 6.07) is 11.3. The van der Waals surface area contributed by atoms with Gasteiger partial charge in [-0.15, -0.1) is 0 Å². The summed E-state index contributed by atoms with van der Waals surface area (Å²) < 4.78 is 1.93. The van der Waals surface area contributed by atoms with Crippen LogP contribution in [-0.4, -0.2) is 0 Å². The van der Waals surface area contributed by atoms with Gasteiger partial charge < -0.3 is 18.1 Å². The Morgan fingerprint density at radius 3 is 2.29 bits per heavy atom. The molecule has 0 amide bonds. The van der Waals surface area contributed by atoms with E-state index in [4.69, 9.17) is 23.1 Å². The molecule has 0 bridgehead atoms. The third-order valence-electron chi connectivity index (χ3n) is 2.36. The Bertz CT molecular complexity index is 498. The van der Waals surface area contributed by atoms with Crippen LogP contribution in [0.25, 0.3) is 0 Å². The van der Waals surface area contributed by atoms with E-state index in [9.17, 15) is 0 Å². The number of anilines is 2. The van der Waals surface area contributed by atoms with E-state index in [1.165, 1.54) is 0 Å². The minimum Gasteiger partial charge on any atom is -1.00 e. The van der Waals surface area contributed by atoms with Crippen molar-refractivity contribution in [1.29, 1.82) is 0 Å². The van der Waals surface area contributed by atoms with Crippen molar-refractivity contribution in [1.82, 2.24) is 0 Å². The van der Waals surface area contributed by atoms with Gasteiger partial charge in [-0.25, -0.2) is 4.57 Å². The van der Waals surface area contributed by atoms with Gasteiger partial charge in [-0.2, -0.15) is 0 Å². The molecule has 1 aromatic carbocycles. The predicted molar refractivity (Wildman–Crippen MR) is 66.0 cm³/mol. The van der Waals surface area contributed by atoms with Crippen LogP contribution >= 0.6 is 11.6 Å². The molecule has 17 heavy (non-hydrogen) atoms. The van der Waals surface area contributed by atoms with Crippen LogP contribution in [0.2, 0.25) is 5.02 Å². The zero-order valence-corrected chi connectivity index (χ0v) is 10.6. The number of aromatic nitrogens is 1. The summed E-state index contributed by atoms with van der Waals surface area (Å²) in [5.74, 6) is 0.648. The largest absolute Gasteiger partial charge is 1.00 e. The molecule has 0 fully saturated rings. The summed E-state index contributed by atoms with van der Waals surface area (Å²) in [5, 5.41) is 0.735. The lowest BCUT2D eigenvalue weighted by Crippen LogP contribution is -3.00. The van der Waals surface area contributed by atoms with E-state index in [0.717, 1.165) is 10.6 Å². The quantitative estimate of drug-likeness (QED) is 0.677. The van der Waals surface area contributed by atoms with Crippen molar-refractivity contribution >= 4 is 23.1 Å². The standard InChI is InChI=1S/C12H12ClN3.ClH/c13-10-3-1-9(2-4-10)8-16-6-5-11(14)7-12(16)15;/h1-7H,8H2,(H3,14,15);1H. The number of nitrogens with zero attached hydrogens (tertiary/aromatic N) is 1. The Labute approximate surface area is 111 Å². The SMILES string of the molecule is Nc1cc[n+](Cc2ccc(Cl)cc2)c(N)c1.[Cl-]. The average molecular weight is 270 g/mol. The van der Waals surface area contributed by atoms with E-state index in [1.54, 1.807) is 6.07 Å². The van der Waals surface area contributed by atoms with Crippen LogP contribution in [0.4, 0.5) is 11.5 Å². The Kier molecular flexibility index (Phi) is 4.61. The van der Waals surface area contributed by atoms with Gasteiger partial charge in [0.2, 0.25) is 0 Å². The van der Waals surface area contributed by atoms with Gasteiger partial charge in [0.05, 0.1) is 12.3 Å². The van der Waals surface area contributed by atoms with Gasteiger partial charge in [0, 0.05) is 16.8 Å². The second-order valence-electron chi connectivity index (χ2n) is 3.64. The summed E-state index contributed by atoms with van der Waals surface area (Å²) in [6.07, 6.45) is 1.87. The summed E-state index contributed by atoms with van der Waals surface area (Å²) in [4.78, 5) is 0. The van der Waals surface area contributed by atoms with E-state index in [-0.39, 0.29) is 12.4 Å². The second-order valence-corrected chi connectivity index (χ2v) is 4.08. The highest BCUT2D eigenvalue weighted by molar-refractivity contribution is 6.30. The molecule has 3 nitrogen and oxygen atoms in total. The van der Waals surface area contributed by atoms with Gasteiger partial charge in [-0.1, -0.05) is 23.7 Å². The normalized spacial score (nSPS) is 9.71. The maximum atomic E-state index is 5.86. The van der Waals surface area contributed by atoms with E-state index < -0.39 is 0 Å². The second kappa shape index (κ2) is 5.75. The first-order valence-electron chi connectivity index (χ1n) is 4.94. The van der Waals surface area contributed by atoms with Crippen LogP contribution in [0.3, 0.4) is 0 Å². The van der Waals surface area contributed by atoms with Crippen LogP contribution < -0.4 is 28.4 Å². The first kappa shape index (κ1) is 13.6. The van der Waals surface area contributed by atoms with Crippen molar-refractivity contribution < 1.29 is 17.0 Å². The van der Waals surface area contributed by atoms with E-state index in [0.29, 0.717) is 18.1 Å². The summed E-state index contributed by atoms with van der Waals surface area (Å²) in [7, 11) is 0. The van der Waals surface area contributed by atoms with Gasteiger partial charge in [-0.05, 0) is 17.7 Å². The lowest BCUT2D eigenvalue weighted by molar-refractivity contribution is -0.673. The van der Waals surface area contributed by atoms with Crippen molar-refractivity contribution in [2.75, 3.05) is 11.5 Å². The highest BCUT2D eigenvalue weighted by Crippen LogP contribution is 2.10. The van der Waals surface area contributed by atoms with Crippen LogP contribution in [0.5, 0.6) is 0 Å². The number of nitrogens with two attached hydrogens (primary N) is 2. The van der Waals surface area contributed by atoms with Crippen LogP contribution in [-0.2, 0) is 6.54 Å². The minimum absolute atomic E-state index is 0. The number of hydrogen-bond donors (Lipinski definition) is 2. The molecule has 0 aliphatic heterocycles. The topological polar surface area (TPSA) is 55.9 Å². The number of nitrogen functional groups attached to an aromatic ring is 2. The highest BCUT2D eigenvalue weighted by Gasteiger charge is 2.05. The van der Waals surface area contributed by atoms with Gasteiger partial charge in [0.15, 0.2) is 0 Å². The molecule has 0 atom stereocenters. The molecule has 0 spiro atoms. The number of benzene rings is 1. The van der Waals surface area contributed by atoms with E-state index in [1.807, 2.05) is 41.1 Å². The van der Waals surface area contributed by atoms with Gasteiger partial charge in [0.25, 0.3) is 5.82 Å². The monoisotopic (exact) mass is 269 g/mol. The summed E-state index contributed by atoms with van der Waals surface area (Å²) in [6.45, 7) is 0.712. The Hall–Kier alpha value is -1.45. The van der Waals surface area contributed by atoms with Crippen LogP contribution in [0, 0.1) is 0 Å². The number of hydrogen-bond acceptors (Lipinski definition) is 2. The Morgan fingerprint density at radius 1 is 1.06 bits per heavy atom. The Balaban J connectivity index is 0.00000144. The number of rotatable bonds is 2. The fraction of sp³-hybridized carbons (Fsp3) is 0.0833. The zero-order chi connectivity index (χ0) is 11.5. The molecule has 90 valence electrons. The number of pyridine rings is 1. The van der Waals surface area contributed by atoms with Crippen LogP contribution in [0.1, 0.15) is 5.56 Å². The fourth-order valence-electron chi connectivity index (χ4n) is 1.49. The molecule has 4 N–H and O–H groups in total. The average Bonchev–Trinajstić information content (AvgIpc) is 2.25. The van der Waals surface area contributed by atoms with Gasteiger partial charge >= 0.3 is 0 Å². The maximum Gasteiger partial charge on any atom is 0.274 e. The molecule has 2 rings (SSSR count). The fourth-order valence-corrected chi connectivity index (χ4v) is 1.62. The molecule has 0 aliphatic carbocycles. The van der Waals surface area contributed by atoms with Crippen molar-refractivity contribution in [3.63, 3.8) is 0 Å². The van der Waals surface area contributed by atoms with Crippen molar-refractivity contribution in [2.45, 2.75) is 6.54 Å². The lowest BCUT2D eigenvalue weighted by atomic mass is 10.2. The molecule has 0 aliphatic rings. The molecular weight excluding hydrogens is 257 g/mol. The van der Waals surface area contributed by atoms with Crippen molar-refractivity contribution in [3.05, 3.63) is 53.2 Å². The van der Waals surface area contributed by atoms with Gasteiger partial charge in [-0.3, -0.25) is 5.73 Å². The van der Waals surface area contributed by atoms with Crippen LogP contribution in [0.15, 0.2) is 42.6 Å². The van der Waals surface area contributed by atoms with Crippen molar-refractivity contribution in [3.8, 4) is 0 Å². The maximum absolute atomic E-state index is 5.86. The van der Waals surface area contributed by atoms with Gasteiger partial charge in [0.1, 0.15) is 6.54 Å². The molecule has 2 aromatic rings. The molecule has 0 saturated carbocycles. The molecule has 0 saturated heterocycles. The molecule has 1 heterocycles. The first-order chi connectivity index (χ1) is 7.65. The number of halogens is 2. The molecular formula is C12H13Cl2N3. The predicted octanol–water partition coefficient (Wildman–Crippen LogP) is -1.16. The molecule has 0 radical (unpaired) electrons. The third kappa shape index (κ3) is 3.51. The summed E-state index contributed by atoms with van der Waals surface area (Å²) >= 11 is 5.82. The minimum atomic E-state index is 0. The molecule has 0 unspecified atom stereocenters. The molecule has 1 aromatic heterocycles. The van der Waals surface area contributed by atoms with E-state index in [2.05, 4.69) is 0 Å². The first-order valence-corrected chi connectivity index (χ1v) is 5.32.